The first kappa shape index (κ1) is 47.5. The van der Waals surface area contributed by atoms with Gasteiger partial charge < -0.3 is 30.7 Å². The molecule has 0 spiro atoms. The number of hydrogen-bond acceptors (Lipinski definition) is 13. The third kappa shape index (κ3) is 10.1. The highest BCUT2D eigenvalue weighted by atomic mass is 35.5. The number of hydrogen-bond donors (Lipinski definition) is 6. The highest BCUT2D eigenvalue weighted by Gasteiger charge is 2.50. The summed E-state index contributed by atoms with van der Waals surface area (Å²) in [6.07, 6.45) is 0.358. The van der Waals surface area contributed by atoms with Crippen LogP contribution in [0.2, 0.25) is 15.1 Å². The maximum absolute atomic E-state index is 13.9. The maximum Gasteiger partial charge on any atom is 0.401 e. The molecule has 8 aromatic rings. The van der Waals surface area contributed by atoms with E-state index in [9.17, 15) is 22.8 Å². The fourth-order valence-corrected chi connectivity index (χ4v) is 9.61. The number of aromatic amines is 2. The Kier molecular flexibility index (Phi) is 12.6. The topological polar surface area (TPSA) is 223 Å². The van der Waals surface area contributed by atoms with Gasteiger partial charge in [-0.3, -0.25) is 24.7 Å². The second-order valence-corrected chi connectivity index (χ2v) is 18.7. The Balaban J connectivity index is 0.747. The number of aryl methyl sites for hydroxylation is 2. The van der Waals surface area contributed by atoms with E-state index in [2.05, 4.69) is 61.8 Å². The van der Waals surface area contributed by atoms with Gasteiger partial charge in [-0.15, -0.1) is 10.2 Å². The summed E-state index contributed by atoms with van der Waals surface area (Å²) in [5.74, 6) is 1.10. The van der Waals surface area contributed by atoms with Crippen LogP contribution in [0.1, 0.15) is 36.0 Å². The van der Waals surface area contributed by atoms with Crippen molar-refractivity contribution in [3.8, 4) is 34.3 Å². The quantitative estimate of drug-likeness (QED) is 0.0536. The smallest absolute Gasteiger partial charge is 0.401 e. The summed E-state index contributed by atoms with van der Waals surface area (Å²) in [5.41, 5.74) is 3.36. The lowest BCUT2D eigenvalue weighted by Crippen LogP contribution is -2.45. The van der Waals surface area contributed by atoms with Gasteiger partial charge in [0.25, 0.3) is 11.8 Å². The van der Waals surface area contributed by atoms with E-state index in [1.165, 1.54) is 12.0 Å². The van der Waals surface area contributed by atoms with Crippen LogP contribution >= 0.6 is 34.8 Å². The molecule has 2 unspecified atom stereocenters. The highest BCUT2D eigenvalue weighted by Crippen LogP contribution is 2.44. The van der Waals surface area contributed by atoms with Crippen LogP contribution in [0.25, 0.3) is 44.6 Å². The largest absolute Gasteiger partial charge is 0.493 e. The molecule has 2 atom stereocenters. The maximum atomic E-state index is 13.9. The van der Waals surface area contributed by atoms with Crippen molar-refractivity contribution in [2.45, 2.75) is 49.5 Å². The lowest BCUT2D eigenvalue weighted by molar-refractivity contribution is -0.148. The van der Waals surface area contributed by atoms with Gasteiger partial charge in [0, 0.05) is 60.2 Å². The van der Waals surface area contributed by atoms with Crippen LogP contribution in [0.15, 0.2) is 73.1 Å². The molecule has 368 valence electrons. The minimum atomic E-state index is -4.49. The van der Waals surface area contributed by atoms with Gasteiger partial charge in [-0.25, -0.2) is 9.36 Å². The number of likely N-dealkylation sites (tertiary alicyclic amines) is 1. The summed E-state index contributed by atoms with van der Waals surface area (Å²) >= 11 is 19.9. The lowest BCUT2D eigenvalue weighted by atomic mass is 10.0. The summed E-state index contributed by atoms with van der Waals surface area (Å²) in [7, 11) is 4.89. The number of halogens is 6. The summed E-state index contributed by atoms with van der Waals surface area (Å²) in [6.45, 7) is -1.65. The van der Waals surface area contributed by atoms with Crippen molar-refractivity contribution in [1.82, 2.24) is 65.5 Å². The number of anilines is 4. The zero-order chi connectivity index (χ0) is 49.8. The van der Waals surface area contributed by atoms with Crippen LogP contribution in [0.3, 0.4) is 0 Å². The molecular formula is C46H43Cl3F3N15O4. The summed E-state index contributed by atoms with van der Waals surface area (Å²) in [4.78, 5) is 37.5. The predicted molar refractivity (Wildman–Crippen MR) is 261 cm³/mol. The number of carbonyl (C=O) groups excluding carboxylic acids is 2. The average Bonchev–Trinajstić information content (AvgIpc) is 3.93. The van der Waals surface area contributed by atoms with Crippen LogP contribution < -0.4 is 30.7 Å². The molecule has 1 aliphatic carbocycles. The van der Waals surface area contributed by atoms with E-state index in [1.807, 2.05) is 12.1 Å². The van der Waals surface area contributed by atoms with Crippen molar-refractivity contribution in [3.63, 3.8) is 0 Å². The van der Waals surface area contributed by atoms with E-state index in [0.717, 1.165) is 21.8 Å². The molecule has 25 heteroatoms. The molecule has 10 rings (SSSR count). The van der Waals surface area contributed by atoms with Gasteiger partial charge in [0.05, 0.1) is 69.1 Å². The third-order valence-corrected chi connectivity index (χ3v) is 13.6. The standard InChI is InChI=1S/C46H43Cl3F3N15O4/c1-65-43(56-33-9-7-31-28(38(33)48)18-53-61-31)58-40(63-65)23-4-6-27(30(47)14-23)42(69)60-45(12-13-45)17-26-16-25(20-67(26)22-46(50,51)52)55-37(68)21-71-35-11-5-24(15-36(35)70-3)41-59-44(66(2)64-41)57-34-10-8-32-29(39(34)49)19-54-62-32/h4-11,14-15,18-19,25-26H,12-13,16-17,20-22H2,1-3H3,(H,53,61)(H,54,62)(H,55,68)(H,60,69)(H,56,58,63)(H,57,59,64). The molecule has 2 aliphatic rings. The van der Waals surface area contributed by atoms with Gasteiger partial charge in [-0.1, -0.05) is 40.9 Å². The first-order valence-electron chi connectivity index (χ1n) is 22.1. The van der Waals surface area contributed by atoms with Gasteiger partial charge in [-0.05, 0) is 80.3 Å². The van der Waals surface area contributed by atoms with Crippen LogP contribution in [-0.2, 0) is 18.9 Å². The van der Waals surface area contributed by atoms with E-state index >= 15 is 0 Å². The zero-order valence-corrected chi connectivity index (χ0v) is 40.2. The number of rotatable bonds is 16. The molecule has 4 aromatic carbocycles. The highest BCUT2D eigenvalue weighted by molar-refractivity contribution is 6.38. The molecule has 0 radical (unpaired) electrons. The number of aromatic nitrogens is 10. The number of methoxy groups -OCH3 is 1. The molecule has 6 N–H and O–H groups in total. The van der Waals surface area contributed by atoms with E-state index in [-0.39, 0.29) is 35.7 Å². The minimum Gasteiger partial charge on any atom is -0.493 e. The van der Waals surface area contributed by atoms with Gasteiger partial charge >= 0.3 is 6.18 Å². The minimum absolute atomic E-state index is 0.0469. The SMILES string of the molecule is COc1cc(-c2nc(Nc3ccc4[nH]ncc4c3Cl)n(C)n2)ccc1OCC(=O)NC1CC(CC2(NC(=O)c3ccc(-c4nc(Nc5ccc6[nH]ncc6c5Cl)n(C)n4)cc3Cl)CC2)N(CC(F)(F)F)C1. The monoisotopic (exact) mass is 1030 g/mol. The number of alkyl halides is 3. The van der Waals surface area contributed by atoms with Gasteiger partial charge in [0.1, 0.15) is 0 Å². The van der Waals surface area contributed by atoms with Crippen molar-refractivity contribution >= 4 is 91.7 Å². The number of benzene rings is 4. The summed E-state index contributed by atoms with van der Waals surface area (Å²) < 4.78 is 56.3. The molecule has 4 aromatic heterocycles. The van der Waals surface area contributed by atoms with Crippen LogP contribution in [0.4, 0.5) is 36.4 Å². The molecule has 1 saturated heterocycles. The Hall–Kier alpha value is -7.14. The zero-order valence-electron chi connectivity index (χ0n) is 38.0. The van der Waals surface area contributed by atoms with Crippen molar-refractivity contribution in [1.29, 1.82) is 0 Å². The van der Waals surface area contributed by atoms with Crippen LogP contribution in [0.5, 0.6) is 11.5 Å². The Bertz CT molecular complexity index is 3330. The molecule has 5 heterocycles. The third-order valence-electron chi connectivity index (χ3n) is 12.5. The average molecular weight is 1030 g/mol. The van der Waals surface area contributed by atoms with E-state index in [4.69, 9.17) is 44.3 Å². The van der Waals surface area contributed by atoms with Gasteiger partial charge in [0.15, 0.2) is 29.8 Å². The Morgan fingerprint density at radius 1 is 0.817 bits per heavy atom. The van der Waals surface area contributed by atoms with Crippen molar-refractivity contribution in [3.05, 3.63) is 93.7 Å². The Morgan fingerprint density at radius 3 is 1.97 bits per heavy atom. The molecule has 2 amide bonds. The Morgan fingerprint density at radius 2 is 1.41 bits per heavy atom. The molecule has 71 heavy (non-hydrogen) atoms. The van der Waals surface area contributed by atoms with E-state index in [0.29, 0.717) is 74.7 Å². The van der Waals surface area contributed by atoms with Crippen LogP contribution in [0, 0.1) is 0 Å². The van der Waals surface area contributed by atoms with Crippen molar-refractivity contribution in [2.75, 3.05) is 37.4 Å². The lowest BCUT2D eigenvalue weighted by Gasteiger charge is -2.29. The van der Waals surface area contributed by atoms with Crippen LogP contribution in [-0.4, -0.2) is 117 Å². The molecule has 19 nitrogen and oxygen atoms in total. The van der Waals surface area contributed by atoms with Crippen molar-refractivity contribution in [2.24, 2.45) is 14.1 Å². The second-order valence-electron chi connectivity index (χ2n) is 17.5. The molecule has 1 saturated carbocycles. The number of nitrogens with one attached hydrogen (secondary N) is 6. The van der Waals surface area contributed by atoms with Crippen molar-refractivity contribution < 1.29 is 32.2 Å². The van der Waals surface area contributed by atoms with Gasteiger partial charge in [-0.2, -0.15) is 33.3 Å². The van der Waals surface area contributed by atoms with E-state index in [1.54, 1.807) is 84.4 Å². The second kappa shape index (κ2) is 18.9. The molecule has 2 fully saturated rings. The molecule has 0 bridgehead atoms. The summed E-state index contributed by atoms with van der Waals surface area (Å²) in [6, 6.07) is 15.9. The summed E-state index contributed by atoms with van der Waals surface area (Å²) in [5, 5.41) is 37.7. The Labute approximate surface area is 416 Å². The first-order valence-corrected chi connectivity index (χ1v) is 23.3. The molecular weight excluding hydrogens is 990 g/mol. The number of fused-ring (bicyclic) bond motifs is 2. The first-order chi connectivity index (χ1) is 34.0. The fourth-order valence-electron chi connectivity index (χ4n) is 8.82. The molecule has 1 aliphatic heterocycles. The number of nitrogens with zero attached hydrogens (tertiary/aromatic N) is 9. The number of ether oxygens (including phenoxy) is 2. The van der Waals surface area contributed by atoms with Gasteiger partial charge in [0.2, 0.25) is 11.9 Å². The number of carbonyl (C=O) groups is 2. The predicted octanol–water partition coefficient (Wildman–Crippen LogP) is 8.34. The fraction of sp³-hybridized carbons (Fsp3) is 0.304. The number of amides is 2. The number of H-pyrrole nitrogens is 2. The van der Waals surface area contributed by atoms with E-state index < -0.39 is 48.8 Å². The normalized spacial score (nSPS) is 16.6.